The van der Waals surface area contributed by atoms with Gasteiger partial charge in [-0.25, -0.2) is 17.5 Å². The summed E-state index contributed by atoms with van der Waals surface area (Å²) in [6, 6.07) is 5.37. The summed E-state index contributed by atoms with van der Waals surface area (Å²) in [7, 11) is -3.27. The summed E-state index contributed by atoms with van der Waals surface area (Å²) in [6.07, 6.45) is 2.80. The van der Waals surface area contributed by atoms with Crippen molar-refractivity contribution in [2.45, 2.75) is 25.3 Å². The van der Waals surface area contributed by atoms with Crippen LogP contribution in [-0.2, 0) is 14.8 Å². The molecule has 1 N–H and O–H groups in total. The van der Waals surface area contributed by atoms with E-state index in [1.807, 2.05) is 0 Å². The third-order valence-corrected chi connectivity index (χ3v) is 4.31. The lowest BCUT2D eigenvalue weighted by Crippen LogP contribution is -2.49. The molecule has 1 aliphatic rings. The molecule has 8 heteroatoms. The summed E-state index contributed by atoms with van der Waals surface area (Å²) in [5.41, 5.74) is 0. The molecule has 0 saturated carbocycles. The Balaban J connectivity index is 1.77. The van der Waals surface area contributed by atoms with Gasteiger partial charge in [-0.15, -0.1) is 0 Å². The summed E-state index contributed by atoms with van der Waals surface area (Å²) >= 11 is 0. The number of nitrogens with zero attached hydrogens (tertiary/aromatic N) is 1. The van der Waals surface area contributed by atoms with Crippen molar-refractivity contribution in [3.8, 4) is 5.75 Å². The first kappa shape index (κ1) is 17.7. The smallest absolute Gasteiger partial charge is 0.226 e. The quantitative estimate of drug-likeness (QED) is 0.839. The maximum atomic E-state index is 12.8. The van der Waals surface area contributed by atoms with Gasteiger partial charge in [0.05, 0.1) is 19.3 Å². The molecule has 1 aliphatic heterocycles. The standard InChI is InChI=1S/C15H21FN2O4S/c1-23(20,21)17-13-3-2-9-18(11-13)15(19)8-10-22-14-6-4-12(16)5-7-14/h4-7,13,17H,2-3,8-11H2,1H3/t13-/m1/s1. The Bertz CT molecular complexity index is 633. The van der Waals surface area contributed by atoms with Crippen LogP contribution in [0.15, 0.2) is 24.3 Å². The highest BCUT2D eigenvalue weighted by Crippen LogP contribution is 2.14. The van der Waals surface area contributed by atoms with E-state index in [-0.39, 0.29) is 30.8 Å². The number of hydrogen-bond donors (Lipinski definition) is 1. The number of benzene rings is 1. The molecule has 1 amide bonds. The van der Waals surface area contributed by atoms with Gasteiger partial charge < -0.3 is 9.64 Å². The van der Waals surface area contributed by atoms with Gasteiger partial charge in [-0.05, 0) is 37.1 Å². The predicted molar refractivity (Wildman–Crippen MR) is 84.1 cm³/mol. The molecular weight excluding hydrogens is 323 g/mol. The van der Waals surface area contributed by atoms with Crippen LogP contribution in [0.1, 0.15) is 19.3 Å². The minimum Gasteiger partial charge on any atom is -0.493 e. The van der Waals surface area contributed by atoms with E-state index in [4.69, 9.17) is 4.74 Å². The monoisotopic (exact) mass is 344 g/mol. The number of sulfonamides is 1. The number of halogens is 1. The number of hydrogen-bond acceptors (Lipinski definition) is 4. The van der Waals surface area contributed by atoms with Crippen molar-refractivity contribution in [1.82, 2.24) is 9.62 Å². The van der Waals surface area contributed by atoms with Gasteiger partial charge in [-0.2, -0.15) is 0 Å². The van der Waals surface area contributed by atoms with Crippen LogP contribution in [0.5, 0.6) is 5.75 Å². The largest absolute Gasteiger partial charge is 0.493 e. The third kappa shape index (κ3) is 6.15. The first-order chi connectivity index (χ1) is 10.8. The van der Waals surface area contributed by atoms with E-state index in [0.717, 1.165) is 19.1 Å². The zero-order chi connectivity index (χ0) is 16.9. The van der Waals surface area contributed by atoms with Gasteiger partial charge in [0.2, 0.25) is 15.9 Å². The number of nitrogens with one attached hydrogen (secondary N) is 1. The molecule has 0 bridgehead atoms. The second-order valence-corrected chi connectivity index (χ2v) is 7.40. The average Bonchev–Trinajstić information content (AvgIpc) is 2.48. The highest BCUT2D eigenvalue weighted by molar-refractivity contribution is 7.88. The van der Waals surface area contributed by atoms with E-state index in [1.54, 1.807) is 4.90 Å². The van der Waals surface area contributed by atoms with Crippen molar-refractivity contribution >= 4 is 15.9 Å². The molecule has 1 saturated heterocycles. The van der Waals surface area contributed by atoms with Crippen LogP contribution in [0.4, 0.5) is 4.39 Å². The molecule has 23 heavy (non-hydrogen) atoms. The third-order valence-electron chi connectivity index (χ3n) is 3.55. The van der Waals surface area contributed by atoms with Gasteiger partial charge in [0.1, 0.15) is 11.6 Å². The number of likely N-dealkylation sites (tertiary alicyclic amines) is 1. The lowest BCUT2D eigenvalue weighted by atomic mass is 10.1. The summed E-state index contributed by atoms with van der Waals surface area (Å²) in [5, 5.41) is 0. The molecule has 1 fully saturated rings. The highest BCUT2D eigenvalue weighted by atomic mass is 32.2. The van der Waals surface area contributed by atoms with Crippen LogP contribution >= 0.6 is 0 Å². The Labute approximate surface area is 135 Å². The lowest BCUT2D eigenvalue weighted by molar-refractivity contribution is -0.133. The molecule has 2 rings (SSSR count). The second kappa shape index (κ2) is 7.74. The minimum atomic E-state index is -3.27. The van der Waals surface area contributed by atoms with E-state index >= 15 is 0 Å². The number of amides is 1. The molecule has 0 unspecified atom stereocenters. The van der Waals surface area contributed by atoms with Gasteiger partial charge >= 0.3 is 0 Å². The molecule has 6 nitrogen and oxygen atoms in total. The molecule has 1 aromatic rings. The molecule has 1 aromatic carbocycles. The lowest BCUT2D eigenvalue weighted by Gasteiger charge is -2.32. The van der Waals surface area contributed by atoms with E-state index in [1.165, 1.54) is 24.3 Å². The van der Waals surface area contributed by atoms with Gasteiger partial charge in [0.15, 0.2) is 0 Å². The van der Waals surface area contributed by atoms with Crippen molar-refractivity contribution in [3.63, 3.8) is 0 Å². The van der Waals surface area contributed by atoms with Crippen molar-refractivity contribution in [2.24, 2.45) is 0 Å². The summed E-state index contributed by atoms with van der Waals surface area (Å²) in [6.45, 7) is 1.20. The van der Waals surface area contributed by atoms with Crippen molar-refractivity contribution in [1.29, 1.82) is 0 Å². The van der Waals surface area contributed by atoms with Gasteiger partial charge in [-0.3, -0.25) is 4.79 Å². The normalized spacial score (nSPS) is 18.7. The van der Waals surface area contributed by atoms with Crippen LogP contribution < -0.4 is 9.46 Å². The Kier molecular flexibility index (Phi) is 5.95. The van der Waals surface area contributed by atoms with Crippen LogP contribution in [0.25, 0.3) is 0 Å². The first-order valence-electron chi connectivity index (χ1n) is 7.47. The summed E-state index contributed by atoms with van der Waals surface area (Å²) in [5.74, 6) is 0.0905. The fraction of sp³-hybridized carbons (Fsp3) is 0.533. The average molecular weight is 344 g/mol. The number of carbonyl (C=O) groups is 1. The maximum absolute atomic E-state index is 12.8. The zero-order valence-corrected chi connectivity index (χ0v) is 13.8. The van der Waals surface area contributed by atoms with Crippen molar-refractivity contribution in [3.05, 3.63) is 30.1 Å². The Hall–Kier alpha value is -1.67. The molecule has 128 valence electrons. The van der Waals surface area contributed by atoms with E-state index in [9.17, 15) is 17.6 Å². The SMILES string of the molecule is CS(=O)(=O)N[C@@H]1CCCN(C(=O)CCOc2ccc(F)cc2)C1. The van der Waals surface area contributed by atoms with Gasteiger partial charge in [-0.1, -0.05) is 0 Å². The summed E-state index contributed by atoms with van der Waals surface area (Å²) < 4.78 is 43.3. The summed E-state index contributed by atoms with van der Waals surface area (Å²) in [4.78, 5) is 13.8. The maximum Gasteiger partial charge on any atom is 0.226 e. The number of ether oxygens (including phenoxy) is 1. The van der Waals surface area contributed by atoms with Crippen LogP contribution in [-0.4, -0.2) is 51.2 Å². The molecule has 1 atom stereocenters. The van der Waals surface area contributed by atoms with Crippen molar-refractivity contribution in [2.75, 3.05) is 26.0 Å². The zero-order valence-electron chi connectivity index (χ0n) is 13.0. The van der Waals surface area contributed by atoms with E-state index in [2.05, 4.69) is 4.72 Å². The molecule has 0 radical (unpaired) electrons. The molecule has 0 aliphatic carbocycles. The van der Waals surface area contributed by atoms with Gasteiger partial charge in [0.25, 0.3) is 0 Å². The number of rotatable bonds is 6. The number of piperidine rings is 1. The Morgan fingerprint density at radius 3 is 2.74 bits per heavy atom. The van der Waals surface area contributed by atoms with Gasteiger partial charge in [0, 0.05) is 19.1 Å². The predicted octanol–water partition coefficient (Wildman–Crippen LogP) is 1.13. The molecule has 0 spiro atoms. The minimum absolute atomic E-state index is 0.0767. The van der Waals surface area contributed by atoms with Crippen LogP contribution in [0.3, 0.4) is 0 Å². The number of carbonyl (C=O) groups excluding carboxylic acids is 1. The topological polar surface area (TPSA) is 75.7 Å². The molecular formula is C15H21FN2O4S. The van der Waals surface area contributed by atoms with Crippen molar-refractivity contribution < 1.29 is 22.3 Å². The first-order valence-corrected chi connectivity index (χ1v) is 9.36. The highest BCUT2D eigenvalue weighted by Gasteiger charge is 2.25. The molecule has 0 aromatic heterocycles. The van der Waals surface area contributed by atoms with E-state index in [0.29, 0.717) is 18.8 Å². The second-order valence-electron chi connectivity index (χ2n) is 5.62. The van der Waals surface area contributed by atoms with Crippen LogP contribution in [0, 0.1) is 5.82 Å². The van der Waals surface area contributed by atoms with Crippen LogP contribution in [0.2, 0.25) is 0 Å². The fourth-order valence-corrected chi connectivity index (χ4v) is 3.35. The Morgan fingerprint density at radius 2 is 2.09 bits per heavy atom. The van der Waals surface area contributed by atoms with E-state index < -0.39 is 10.0 Å². The molecule has 1 heterocycles. The Morgan fingerprint density at radius 1 is 1.39 bits per heavy atom. The fourth-order valence-electron chi connectivity index (χ4n) is 2.55.